The van der Waals surface area contributed by atoms with E-state index in [1.165, 1.54) is 6.07 Å². The topological polar surface area (TPSA) is 67.4 Å². The fourth-order valence-corrected chi connectivity index (χ4v) is 3.67. The standard InChI is InChI=1S/C19H19BrCl2N2O3/c1-19(2,3)13-6-4-11(8-14(13)20)18(26)24-23-17(25)10-27-16-7-5-12(21)9-15(16)22/h4-9H,10H2,1-3H3,(H,23,25)(H,24,26). The van der Waals surface area contributed by atoms with Crippen LogP contribution in [0, 0.1) is 0 Å². The fourth-order valence-electron chi connectivity index (χ4n) is 2.23. The van der Waals surface area contributed by atoms with E-state index in [9.17, 15) is 9.59 Å². The third-order valence-corrected chi connectivity index (χ3v) is 4.79. The minimum Gasteiger partial charge on any atom is -0.482 e. The largest absolute Gasteiger partial charge is 0.482 e. The van der Waals surface area contributed by atoms with Crippen molar-refractivity contribution in [2.45, 2.75) is 26.2 Å². The zero-order chi connectivity index (χ0) is 20.2. The number of nitrogens with one attached hydrogen (secondary N) is 2. The number of halogens is 3. The maximum atomic E-state index is 12.2. The van der Waals surface area contributed by atoms with Gasteiger partial charge in [0.2, 0.25) is 0 Å². The Morgan fingerprint density at radius 3 is 2.37 bits per heavy atom. The molecular weight excluding hydrogens is 455 g/mol. The first kappa shape index (κ1) is 21.5. The SMILES string of the molecule is CC(C)(C)c1ccc(C(=O)NNC(=O)COc2ccc(Cl)cc2Cl)cc1Br. The summed E-state index contributed by atoms with van der Waals surface area (Å²) in [5.74, 6) is -0.641. The molecule has 144 valence electrons. The van der Waals surface area contributed by atoms with Crippen molar-refractivity contribution in [3.05, 3.63) is 62.0 Å². The molecule has 8 heteroatoms. The Morgan fingerprint density at radius 2 is 1.78 bits per heavy atom. The number of hydrazine groups is 1. The normalized spacial score (nSPS) is 11.0. The molecule has 0 heterocycles. The summed E-state index contributed by atoms with van der Waals surface area (Å²) in [7, 11) is 0. The third kappa shape index (κ3) is 6.13. The molecule has 2 aromatic rings. The molecule has 0 fully saturated rings. The first-order chi connectivity index (χ1) is 12.6. The lowest BCUT2D eigenvalue weighted by molar-refractivity contribution is -0.123. The van der Waals surface area contributed by atoms with Crippen LogP contribution in [0.5, 0.6) is 5.75 Å². The Morgan fingerprint density at radius 1 is 1.07 bits per heavy atom. The molecule has 0 saturated heterocycles. The highest BCUT2D eigenvalue weighted by Crippen LogP contribution is 2.30. The summed E-state index contributed by atoms with van der Waals surface area (Å²) in [6.07, 6.45) is 0. The minimum absolute atomic E-state index is 0.0532. The number of carbonyl (C=O) groups excluding carboxylic acids is 2. The van der Waals surface area contributed by atoms with Gasteiger partial charge in [-0.15, -0.1) is 0 Å². The van der Waals surface area contributed by atoms with Crippen LogP contribution in [-0.4, -0.2) is 18.4 Å². The van der Waals surface area contributed by atoms with Gasteiger partial charge in [0.05, 0.1) is 5.02 Å². The molecule has 0 aliphatic heterocycles. The third-order valence-electron chi connectivity index (χ3n) is 3.61. The van der Waals surface area contributed by atoms with Crippen molar-refractivity contribution < 1.29 is 14.3 Å². The summed E-state index contributed by atoms with van der Waals surface area (Å²) in [6.45, 7) is 5.94. The summed E-state index contributed by atoms with van der Waals surface area (Å²) in [5, 5.41) is 0.760. The lowest BCUT2D eigenvalue weighted by Gasteiger charge is -2.21. The Bertz CT molecular complexity index is 867. The van der Waals surface area contributed by atoms with Crippen molar-refractivity contribution in [3.8, 4) is 5.75 Å². The van der Waals surface area contributed by atoms with Gasteiger partial charge in [0.15, 0.2) is 6.61 Å². The number of rotatable bonds is 4. The average molecular weight is 474 g/mol. The molecular formula is C19H19BrCl2N2O3. The highest BCUT2D eigenvalue weighted by Gasteiger charge is 2.18. The predicted molar refractivity (Wildman–Crippen MR) is 110 cm³/mol. The minimum atomic E-state index is -0.528. The zero-order valence-electron chi connectivity index (χ0n) is 15.0. The van der Waals surface area contributed by atoms with Gasteiger partial charge in [-0.05, 0) is 41.3 Å². The molecule has 2 amide bonds. The molecule has 2 rings (SSSR count). The van der Waals surface area contributed by atoms with Crippen molar-refractivity contribution in [1.29, 1.82) is 0 Å². The number of amides is 2. The molecule has 0 aromatic heterocycles. The Hall–Kier alpha value is -1.76. The molecule has 27 heavy (non-hydrogen) atoms. The second-order valence-corrected chi connectivity index (χ2v) is 8.51. The Balaban J connectivity index is 1.89. The monoisotopic (exact) mass is 472 g/mol. The molecule has 2 aromatic carbocycles. The molecule has 0 aliphatic carbocycles. The summed E-state index contributed by atoms with van der Waals surface area (Å²) < 4.78 is 6.13. The van der Waals surface area contributed by atoms with Crippen LogP contribution in [0.4, 0.5) is 0 Å². The van der Waals surface area contributed by atoms with Crippen molar-refractivity contribution in [2.75, 3.05) is 6.61 Å². The molecule has 0 aliphatic rings. The Labute approximate surface area is 176 Å². The van der Waals surface area contributed by atoms with Gasteiger partial charge in [0.25, 0.3) is 11.8 Å². The van der Waals surface area contributed by atoms with E-state index in [0.717, 1.165) is 10.0 Å². The van der Waals surface area contributed by atoms with E-state index < -0.39 is 11.8 Å². The molecule has 0 radical (unpaired) electrons. The molecule has 5 nitrogen and oxygen atoms in total. The van der Waals surface area contributed by atoms with Gasteiger partial charge in [-0.1, -0.05) is 66.0 Å². The lowest BCUT2D eigenvalue weighted by atomic mass is 9.86. The number of ether oxygens (including phenoxy) is 1. The number of benzene rings is 2. The zero-order valence-corrected chi connectivity index (χ0v) is 18.1. The lowest BCUT2D eigenvalue weighted by Crippen LogP contribution is -2.43. The summed E-state index contributed by atoms with van der Waals surface area (Å²) in [4.78, 5) is 24.1. The smallest absolute Gasteiger partial charge is 0.276 e. The molecule has 0 bridgehead atoms. The molecule has 0 atom stereocenters. The van der Waals surface area contributed by atoms with Crippen molar-refractivity contribution >= 4 is 50.9 Å². The first-order valence-corrected chi connectivity index (χ1v) is 9.60. The van der Waals surface area contributed by atoms with Crippen LogP contribution in [0.25, 0.3) is 0 Å². The van der Waals surface area contributed by atoms with Gasteiger partial charge < -0.3 is 4.74 Å². The van der Waals surface area contributed by atoms with Crippen molar-refractivity contribution in [2.24, 2.45) is 0 Å². The van der Waals surface area contributed by atoms with E-state index in [1.54, 1.807) is 24.3 Å². The van der Waals surface area contributed by atoms with Crippen LogP contribution in [0.2, 0.25) is 10.0 Å². The van der Waals surface area contributed by atoms with Crippen LogP contribution >= 0.6 is 39.1 Å². The quantitative estimate of drug-likeness (QED) is 0.621. The summed E-state index contributed by atoms with van der Waals surface area (Å²) in [5.41, 5.74) is 6.09. The highest BCUT2D eigenvalue weighted by atomic mass is 79.9. The van der Waals surface area contributed by atoms with Crippen LogP contribution in [0.3, 0.4) is 0 Å². The van der Waals surface area contributed by atoms with E-state index >= 15 is 0 Å². The fraction of sp³-hybridized carbons (Fsp3) is 0.263. The molecule has 0 spiro atoms. The number of hydrogen-bond donors (Lipinski definition) is 2. The molecule has 2 N–H and O–H groups in total. The summed E-state index contributed by atoms with van der Waals surface area (Å²) in [6, 6.07) is 9.97. The van der Waals surface area contributed by atoms with Crippen molar-refractivity contribution in [1.82, 2.24) is 10.9 Å². The van der Waals surface area contributed by atoms with E-state index in [4.69, 9.17) is 27.9 Å². The van der Waals surface area contributed by atoms with Gasteiger partial charge in [-0.25, -0.2) is 0 Å². The van der Waals surface area contributed by atoms with E-state index in [2.05, 4.69) is 47.6 Å². The van der Waals surface area contributed by atoms with Crippen LogP contribution < -0.4 is 15.6 Å². The average Bonchev–Trinajstić information content (AvgIpc) is 2.57. The van der Waals surface area contributed by atoms with Crippen molar-refractivity contribution in [3.63, 3.8) is 0 Å². The van der Waals surface area contributed by atoms with E-state index in [0.29, 0.717) is 21.4 Å². The van der Waals surface area contributed by atoms with E-state index in [1.807, 2.05) is 6.07 Å². The number of hydrogen-bond acceptors (Lipinski definition) is 3. The van der Waals surface area contributed by atoms with E-state index in [-0.39, 0.29) is 12.0 Å². The van der Waals surface area contributed by atoms with Crippen LogP contribution in [0.15, 0.2) is 40.9 Å². The van der Waals surface area contributed by atoms with Gasteiger partial charge in [-0.2, -0.15) is 0 Å². The maximum Gasteiger partial charge on any atom is 0.276 e. The second-order valence-electron chi connectivity index (χ2n) is 6.81. The number of carbonyl (C=O) groups is 2. The first-order valence-electron chi connectivity index (χ1n) is 8.05. The van der Waals surface area contributed by atoms with Gasteiger partial charge >= 0.3 is 0 Å². The maximum absolute atomic E-state index is 12.2. The van der Waals surface area contributed by atoms with Gasteiger partial charge in [0, 0.05) is 15.1 Å². The van der Waals surface area contributed by atoms with Gasteiger partial charge in [0.1, 0.15) is 5.75 Å². The molecule has 0 unspecified atom stereocenters. The summed E-state index contributed by atoms with van der Waals surface area (Å²) >= 11 is 15.2. The van der Waals surface area contributed by atoms with Crippen LogP contribution in [-0.2, 0) is 10.2 Å². The van der Waals surface area contributed by atoms with Crippen LogP contribution in [0.1, 0.15) is 36.7 Å². The molecule has 0 saturated carbocycles. The Kier molecular flexibility index (Phi) is 7.14. The predicted octanol–water partition coefficient (Wildman–Crippen LogP) is 4.89. The highest BCUT2D eigenvalue weighted by molar-refractivity contribution is 9.10. The second kappa shape index (κ2) is 8.95. The van der Waals surface area contributed by atoms with Gasteiger partial charge in [-0.3, -0.25) is 20.4 Å².